The Hall–Kier alpha value is -0.790. The molecule has 0 spiro atoms. The molecule has 0 saturated heterocycles. The van der Waals surface area contributed by atoms with Gasteiger partial charge in [0.05, 0.1) is 5.69 Å². The number of aryl methyl sites for hydroxylation is 2. The molecule has 0 bridgehead atoms. The van der Waals surface area contributed by atoms with Gasteiger partial charge in [0.25, 0.3) is 0 Å². The summed E-state index contributed by atoms with van der Waals surface area (Å²) in [7, 11) is 0. The fraction of sp³-hybridized carbons (Fsp3) is 0.700. The number of H-pyrrole nitrogens is 1. The molecule has 1 atom stereocenters. The van der Waals surface area contributed by atoms with E-state index in [0.29, 0.717) is 0 Å². The van der Waals surface area contributed by atoms with Crippen LogP contribution in [-0.2, 0) is 19.3 Å². The molecule has 0 amide bonds. The summed E-state index contributed by atoms with van der Waals surface area (Å²) in [5.41, 5.74) is 4.19. The summed E-state index contributed by atoms with van der Waals surface area (Å²) in [5.74, 6) is 0.848. The first kappa shape index (κ1) is 7.84. The Morgan fingerprint density at radius 2 is 2.42 bits per heavy atom. The van der Waals surface area contributed by atoms with Crippen LogP contribution in [0.2, 0.25) is 0 Å². The maximum absolute atomic E-state index is 4.33. The Morgan fingerprint density at radius 3 is 3.17 bits per heavy atom. The van der Waals surface area contributed by atoms with Crippen molar-refractivity contribution in [1.82, 2.24) is 10.2 Å². The molecule has 1 aromatic rings. The molecular formula is C10H16N2. The van der Waals surface area contributed by atoms with E-state index in [1.807, 2.05) is 0 Å². The first-order chi connectivity index (χ1) is 5.81. The second-order valence-corrected chi connectivity index (χ2v) is 3.83. The molecule has 1 heterocycles. The van der Waals surface area contributed by atoms with Gasteiger partial charge in [-0.2, -0.15) is 5.10 Å². The van der Waals surface area contributed by atoms with Gasteiger partial charge in [-0.3, -0.25) is 5.10 Å². The Kier molecular flexibility index (Phi) is 1.91. The normalized spacial score (nSPS) is 22.3. The van der Waals surface area contributed by atoms with Gasteiger partial charge in [-0.25, -0.2) is 0 Å². The molecule has 1 unspecified atom stereocenters. The lowest BCUT2D eigenvalue weighted by Gasteiger charge is -2.17. The van der Waals surface area contributed by atoms with Crippen LogP contribution < -0.4 is 0 Å². The van der Waals surface area contributed by atoms with Crippen molar-refractivity contribution in [3.05, 3.63) is 17.0 Å². The number of nitrogens with zero attached hydrogens (tertiary/aromatic N) is 1. The maximum atomic E-state index is 4.33. The van der Waals surface area contributed by atoms with Gasteiger partial charge < -0.3 is 0 Å². The zero-order valence-corrected chi connectivity index (χ0v) is 7.85. The quantitative estimate of drug-likeness (QED) is 0.676. The molecule has 0 aromatic carbocycles. The monoisotopic (exact) mass is 164 g/mol. The third-order valence-corrected chi connectivity index (χ3v) is 2.81. The van der Waals surface area contributed by atoms with Gasteiger partial charge >= 0.3 is 0 Å². The highest BCUT2D eigenvalue weighted by molar-refractivity contribution is 5.28. The first-order valence-corrected chi connectivity index (χ1v) is 4.86. The largest absolute Gasteiger partial charge is 0.282 e. The van der Waals surface area contributed by atoms with Crippen LogP contribution in [0.4, 0.5) is 0 Å². The molecule has 1 aliphatic carbocycles. The predicted octanol–water partition coefficient (Wildman–Crippen LogP) is 2.10. The highest BCUT2D eigenvalue weighted by atomic mass is 15.1. The summed E-state index contributed by atoms with van der Waals surface area (Å²) in [4.78, 5) is 0. The van der Waals surface area contributed by atoms with E-state index >= 15 is 0 Å². The number of hydrogen-bond acceptors (Lipinski definition) is 1. The molecule has 0 radical (unpaired) electrons. The van der Waals surface area contributed by atoms with Gasteiger partial charge in [0, 0.05) is 5.69 Å². The van der Waals surface area contributed by atoms with Crippen molar-refractivity contribution in [2.24, 2.45) is 5.92 Å². The Labute approximate surface area is 73.4 Å². The number of nitrogens with one attached hydrogen (secondary N) is 1. The van der Waals surface area contributed by atoms with E-state index in [9.17, 15) is 0 Å². The Balaban J connectivity index is 2.34. The summed E-state index contributed by atoms with van der Waals surface area (Å²) in [6.45, 7) is 4.51. The summed E-state index contributed by atoms with van der Waals surface area (Å²) in [6, 6.07) is 0. The minimum atomic E-state index is 0.848. The van der Waals surface area contributed by atoms with Crippen LogP contribution in [0.1, 0.15) is 37.2 Å². The minimum absolute atomic E-state index is 0.848. The maximum Gasteiger partial charge on any atom is 0.0654 e. The van der Waals surface area contributed by atoms with E-state index in [4.69, 9.17) is 0 Å². The number of hydrogen-bond donors (Lipinski definition) is 1. The smallest absolute Gasteiger partial charge is 0.0654 e. The molecule has 12 heavy (non-hydrogen) atoms. The molecule has 2 rings (SSSR count). The third kappa shape index (κ3) is 1.15. The van der Waals surface area contributed by atoms with Gasteiger partial charge in [-0.15, -0.1) is 0 Å². The Morgan fingerprint density at radius 1 is 1.58 bits per heavy atom. The predicted molar refractivity (Wildman–Crippen MR) is 49.2 cm³/mol. The highest BCUT2D eigenvalue weighted by Gasteiger charge is 2.19. The van der Waals surface area contributed by atoms with E-state index in [1.165, 1.54) is 36.2 Å². The van der Waals surface area contributed by atoms with Crippen molar-refractivity contribution in [2.75, 3.05) is 0 Å². The van der Waals surface area contributed by atoms with Crippen molar-refractivity contribution in [3.8, 4) is 0 Å². The van der Waals surface area contributed by atoms with Gasteiger partial charge in [-0.1, -0.05) is 13.8 Å². The molecule has 0 aliphatic heterocycles. The van der Waals surface area contributed by atoms with E-state index in [2.05, 4.69) is 24.0 Å². The first-order valence-electron chi connectivity index (χ1n) is 4.86. The molecule has 2 nitrogen and oxygen atoms in total. The molecule has 1 aliphatic rings. The summed E-state index contributed by atoms with van der Waals surface area (Å²) >= 11 is 0. The van der Waals surface area contributed by atoms with Crippen LogP contribution in [0.15, 0.2) is 0 Å². The summed E-state index contributed by atoms with van der Waals surface area (Å²) in [6.07, 6.45) is 4.81. The second-order valence-electron chi connectivity index (χ2n) is 3.83. The second kappa shape index (κ2) is 2.92. The van der Waals surface area contributed by atoms with E-state index in [-0.39, 0.29) is 0 Å². The fourth-order valence-electron chi connectivity index (χ4n) is 2.03. The van der Waals surface area contributed by atoms with Crippen LogP contribution in [0.3, 0.4) is 0 Å². The molecule has 0 fully saturated rings. The van der Waals surface area contributed by atoms with E-state index in [1.54, 1.807) is 0 Å². The lowest BCUT2D eigenvalue weighted by Crippen LogP contribution is -2.11. The zero-order chi connectivity index (χ0) is 8.55. The average molecular weight is 164 g/mol. The zero-order valence-electron chi connectivity index (χ0n) is 7.85. The van der Waals surface area contributed by atoms with Crippen molar-refractivity contribution >= 4 is 0 Å². The van der Waals surface area contributed by atoms with Crippen LogP contribution in [-0.4, -0.2) is 10.2 Å². The molecule has 1 N–H and O–H groups in total. The number of rotatable bonds is 1. The van der Waals surface area contributed by atoms with Crippen LogP contribution in [0.5, 0.6) is 0 Å². The average Bonchev–Trinajstić information content (AvgIpc) is 2.46. The fourth-order valence-corrected chi connectivity index (χ4v) is 2.03. The molecule has 2 heteroatoms. The highest BCUT2D eigenvalue weighted by Crippen LogP contribution is 2.25. The number of fused-ring (bicyclic) bond motifs is 1. The van der Waals surface area contributed by atoms with Gasteiger partial charge in [0.15, 0.2) is 0 Å². The SMILES string of the molecule is CCc1n[nH]c2c1CC(C)CC2. The minimum Gasteiger partial charge on any atom is -0.282 e. The van der Waals surface area contributed by atoms with Crippen molar-refractivity contribution < 1.29 is 0 Å². The summed E-state index contributed by atoms with van der Waals surface area (Å²) in [5, 5.41) is 7.47. The van der Waals surface area contributed by atoms with Crippen LogP contribution in [0.25, 0.3) is 0 Å². The van der Waals surface area contributed by atoms with Crippen LogP contribution in [0, 0.1) is 5.92 Å². The van der Waals surface area contributed by atoms with Gasteiger partial charge in [0.2, 0.25) is 0 Å². The molecular weight excluding hydrogens is 148 g/mol. The lowest BCUT2D eigenvalue weighted by molar-refractivity contribution is 0.496. The van der Waals surface area contributed by atoms with Crippen molar-refractivity contribution in [1.29, 1.82) is 0 Å². The summed E-state index contributed by atoms with van der Waals surface area (Å²) < 4.78 is 0. The van der Waals surface area contributed by atoms with E-state index in [0.717, 1.165) is 12.3 Å². The topological polar surface area (TPSA) is 28.7 Å². The van der Waals surface area contributed by atoms with Gasteiger partial charge in [-0.05, 0) is 37.2 Å². The van der Waals surface area contributed by atoms with E-state index < -0.39 is 0 Å². The molecule has 66 valence electrons. The van der Waals surface area contributed by atoms with Crippen LogP contribution >= 0.6 is 0 Å². The van der Waals surface area contributed by atoms with Crippen molar-refractivity contribution in [3.63, 3.8) is 0 Å². The third-order valence-electron chi connectivity index (χ3n) is 2.81. The lowest BCUT2D eigenvalue weighted by atomic mass is 9.87. The standard InChI is InChI=1S/C10H16N2/c1-3-9-8-6-7(2)4-5-10(8)12-11-9/h7H,3-6H2,1-2H3,(H,11,12). The van der Waals surface area contributed by atoms with Crippen molar-refractivity contribution in [2.45, 2.75) is 39.5 Å². The Bertz CT molecular complexity index is 262. The number of aromatic nitrogens is 2. The van der Waals surface area contributed by atoms with Gasteiger partial charge in [0.1, 0.15) is 0 Å². The number of aromatic amines is 1. The molecule has 1 aromatic heterocycles. The molecule has 0 saturated carbocycles.